The van der Waals surface area contributed by atoms with Crippen molar-refractivity contribution in [2.24, 2.45) is 11.7 Å². The molecule has 0 saturated heterocycles. The molecule has 0 radical (unpaired) electrons. The molecule has 7 nitrogen and oxygen atoms in total. The first kappa shape index (κ1) is 16.4. The largest absolute Gasteiger partial charge is 0.467 e. The molecule has 0 rings (SSSR count). The van der Waals surface area contributed by atoms with E-state index in [-0.39, 0.29) is 19.0 Å². The maximum absolute atomic E-state index is 11.5. The summed E-state index contributed by atoms with van der Waals surface area (Å²) in [6.45, 7) is 3.47. The number of amides is 2. The van der Waals surface area contributed by atoms with Crippen molar-refractivity contribution in [2.45, 2.75) is 26.3 Å². The molecule has 0 spiro atoms. The van der Waals surface area contributed by atoms with E-state index in [9.17, 15) is 14.4 Å². The zero-order chi connectivity index (χ0) is 14.1. The van der Waals surface area contributed by atoms with Crippen molar-refractivity contribution < 1.29 is 19.1 Å². The highest BCUT2D eigenvalue weighted by Crippen LogP contribution is 2.05. The second kappa shape index (κ2) is 8.46. The fraction of sp³-hybridized carbons (Fsp3) is 0.727. The lowest BCUT2D eigenvalue weighted by Gasteiger charge is -2.18. The maximum atomic E-state index is 11.5. The van der Waals surface area contributed by atoms with Crippen LogP contribution in [0.4, 0.5) is 0 Å². The SMILES string of the molecule is COC(=O)C(CC(C)C)NC(=O)CNC(=O)CN. The predicted molar refractivity (Wildman–Crippen MR) is 65.5 cm³/mol. The Morgan fingerprint density at radius 2 is 1.83 bits per heavy atom. The van der Waals surface area contributed by atoms with Gasteiger partial charge in [-0.3, -0.25) is 9.59 Å². The van der Waals surface area contributed by atoms with Crippen LogP contribution < -0.4 is 16.4 Å². The molecular weight excluding hydrogens is 238 g/mol. The summed E-state index contributed by atoms with van der Waals surface area (Å²) in [6, 6.07) is -0.697. The molecule has 0 aromatic carbocycles. The number of carbonyl (C=O) groups excluding carboxylic acids is 3. The maximum Gasteiger partial charge on any atom is 0.328 e. The molecule has 0 aliphatic carbocycles. The van der Waals surface area contributed by atoms with Crippen molar-refractivity contribution in [2.75, 3.05) is 20.2 Å². The molecule has 104 valence electrons. The summed E-state index contributed by atoms with van der Waals surface area (Å²) in [5.41, 5.74) is 5.08. The van der Waals surface area contributed by atoms with E-state index in [1.54, 1.807) is 0 Å². The van der Waals surface area contributed by atoms with Gasteiger partial charge in [-0.2, -0.15) is 0 Å². The van der Waals surface area contributed by atoms with Gasteiger partial charge < -0.3 is 21.1 Å². The van der Waals surface area contributed by atoms with Crippen LogP contribution in [0.5, 0.6) is 0 Å². The van der Waals surface area contributed by atoms with Crippen LogP contribution in [0.25, 0.3) is 0 Å². The van der Waals surface area contributed by atoms with E-state index in [0.29, 0.717) is 6.42 Å². The molecule has 0 heterocycles. The summed E-state index contributed by atoms with van der Waals surface area (Å²) in [5.74, 6) is -1.15. The average Bonchev–Trinajstić information content (AvgIpc) is 2.33. The minimum absolute atomic E-state index is 0.181. The van der Waals surface area contributed by atoms with Gasteiger partial charge in [-0.15, -0.1) is 0 Å². The van der Waals surface area contributed by atoms with Gasteiger partial charge in [-0.1, -0.05) is 13.8 Å². The minimum atomic E-state index is -0.697. The van der Waals surface area contributed by atoms with Crippen LogP contribution >= 0.6 is 0 Å². The van der Waals surface area contributed by atoms with Crippen LogP contribution in [0.1, 0.15) is 20.3 Å². The lowest BCUT2D eigenvalue weighted by atomic mass is 10.0. The molecule has 1 atom stereocenters. The number of nitrogens with two attached hydrogens (primary N) is 1. The molecule has 0 aliphatic heterocycles. The molecule has 0 bridgehead atoms. The molecule has 7 heteroatoms. The van der Waals surface area contributed by atoms with E-state index in [1.165, 1.54) is 7.11 Å². The zero-order valence-electron chi connectivity index (χ0n) is 11.0. The van der Waals surface area contributed by atoms with Crippen LogP contribution in [0.3, 0.4) is 0 Å². The van der Waals surface area contributed by atoms with Crippen molar-refractivity contribution in [1.82, 2.24) is 10.6 Å². The highest BCUT2D eigenvalue weighted by atomic mass is 16.5. The number of hydrogen-bond acceptors (Lipinski definition) is 5. The summed E-state index contributed by atoms with van der Waals surface area (Å²) in [7, 11) is 1.26. The molecule has 0 fully saturated rings. The molecular formula is C11H21N3O4. The number of esters is 1. The number of nitrogens with one attached hydrogen (secondary N) is 2. The normalized spacial score (nSPS) is 11.8. The van der Waals surface area contributed by atoms with Gasteiger partial charge in [0.05, 0.1) is 20.2 Å². The highest BCUT2D eigenvalue weighted by molar-refractivity contribution is 5.88. The summed E-state index contributed by atoms with van der Waals surface area (Å²) in [6.07, 6.45) is 0.475. The number of hydrogen-bond donors (Lipinski definition) is 3. The van der Waals surface area contributed by atoms with Gasteiger partial charge in [0.1, 0.15) is 6.04 Å². The van der Waals surface area contributed by atoms with Gasteiger partial charge in [0, 0.05) is 0 Å². The molecule has 1 unspecified atom stereocenters. The van der Waals surface area contributed by atoms with E-state index >= 15 is 0 Å². The Balaban J connectivity index is 4.26. The van der Waals surface area contributed by atoms with Gasteiger partial charge in [0.25, 0.3) is 0 Å². The third-order valence-corrected chi connectivity index (χ3v) is 2.16. The fourth-order valence-electron chi connectivity index (χ4n) is 1.32. The average molecular weight is 259 g/mol. The predicted octanol–water partition coefficient (Wildman–Crippen LogP) is -1.23. The Morgan fingerprint density at radius 3 is 2.28 bits per heavy atom. The van der Waals surface area contributed by atoms with Crippen LogP contribution in [0.2, 0.25) is 0 Å². The molecule has 0 aromatic heterocycles. The van der Waals surface area contributed by atoms with Crippen LogP contribution in [-0.4, -0.2) is 44.0 Å². The number of ether oxygens (including phenoxy) is 1. The smallest absolute Gasteiger partial charge is 0.328 e. The third-order valence-electron chi connectivity index (χ3n) is 2.16. The van der Waals surface area contributed by atoms with Crippen molar-refractivity contribution in [1.29, 1.82) is 0 Å². The van der Waals surface area contributed by atoms with Gasteiger partial charge in [0.15, 0.2) is 0 Å². The number of methoxy groups -OCH3 is 1. The lowest BCUT2D eigenvalue weighted by molar-refractivity contribution is -0.145. The van der Waals surface area contributed by atoms with Gasteiger partial charge in [-0.05, 0) is 12.3 Å². The summed E-state index contributed by atoms with van der Waals surface area (Å²) < 4.78 is 4.60. The lowest BCUT2D eigenvalue weighted by Crippen LogP contribution is -2.47. The van der Waals surface area contributed by atoms with Crippen LogP contribution in [-0.2, 0) is 19.1 Å². The monoisotopic (exact) mass is 259 g/mol. The second-order valence-corrected chi connectivity index (χ2v) is 4.25. The Kier molecular flexibility index (Phi) is 7.69. The summed E-state index contributed by atoms with van der Waals surface area (Å²) >= 11 is 0. The molecule has 2 amide bonds. The van der Waals surface area contributed by atoms with Crippen molar-refractivity contribution >= 4 is 17.8 Å². The van der Waals surface area contributed by atoms with Crippen LogP contribution in [0, 0.1) is 5.92 Å². The zero-order valence-corrected chi connectivity index (χ0v) is 11.0. The molecule has 0 aliphatic rings. The Hall–Kier alpha value is -1.63. The van der Waals surface area contributed by atoms with E-state index < -0.39 is 23.8 Å². The Morgan fingerprint density at radius 1 is 1.22 bits per heavy atom. The Bertz CT molecular complexity index is 305. The first-order chi connectivity index (χ1) is 8.40. The topological polar surface area (TPSA) is 111 Å². The van der Waals surface area contributed by atoms with E-state index in [2.05, 4.69) is 15.4 Å². The van der Waals surface area contributed by atoms with Crippen LogP contribution in [0.15, 0.2) is 0 Å². The fourth-order valence-corrected chi connectivity index (χ4v) is 1.32. The molecule has 4 N–H and O–H groups in total. The third kappa shape index (κ3) is 6.85. The summed E-state index contributed by atoms with van der Waals surface area (Å²) in [5, 5.41) is 4.83. The van der Waals surface area contributed by atoms with Gasteiger partial charge in [0.2, 0.25) is 11.8 Å². The van der Waals surface area contributed by atoms with Crippen molar-refractivity contribution in [3.8, 4) is 0 Å². The van der Waals surface area contributed by atoms with E-state index in [1.807, 2.05) is 13.8 Å². The molecule has 0 aromatic rings. The highest BCUT2D eigenvalue weighted by Gasteiger charge is 2.22. The standard InChI is InChI=1S/C11H21N3O4/c1-7(2)4-8(11(17)18-3)14-10(16)6-13-9(15)5-12/h7-8H,4-6,12H2,1-3H3,(H,13,15)(H,14,16). The summed E-state index contributed by atoms with van der Waals surface area (Å²) in [4.78, 5) is 33.8. The Labute approximate surface area is 106 Å². The van der Waals surface area contributed by atoms with E-state index in [4.69, 9.17) is 5.73 Å². The first-order valence-electron chi connectivity index (χ1n) is 5.74. The number of rotatable bonds is 7. The first-order valence-corrected chi connectivity index (χ1v) is 5.74. The quantitative estimate of drug-likeness (QED) is 0.496. The minimum Gasteiger partial charge on any atom is -0.467 e. The van der Waals surface area contributed by atoms with Gasteiger partial charge >= 0.3 is 5.97 Å². The molecule has 18 heavy (non-hydrogen) atoms. The van der Waals surface area contributed by atoms with Crippen molar-refractivity contribution in [3.63, 3.8) is 0 Å². The molecule has 0 saturated carbocycles. The van der Waals surface area contributed by atoms with Gasteiger partial charge in [-0.25, -0.2) is 4.79 Å². The van der Waals surface area contributed by atoms with Crippen molar-refractivity contribution in [3.05, 3.63) is 0 Å². The second-order valence-electron chi connectivity index (χ2n) is 4.25. The number of carbonyl (C=O) groups is 3. The van der Waals surface area contributed by atoms with E-state index in [0.717, 1.165) is 0 Å².